The molecule has 2 aromatic rings. The molecule has 1 amide bonds. The smallest absolute Gasteiger partial charge is 0.243 e. The van der Waals surface area contributed by atoms with Crippen molar-refractivity contribution < 1.29 is 4.79 Å². The Labute approximate surface area is 162 Å². The van der Waals surface area contributed by atoms with Crippen LogP contribution in [0.15, 0.2) is 36.4 Å². The number of carbonyl (C=O) groups is 1. The molecule has 1 N–H and O–H groups in total. The maximum Gasteiger partial charge on any atom is 0.243 e. The molecule has 2 heterocycles. The van der Waals surface area contributed by atoms with Gasteiger partial charge in [-0.2, -0.15) is 0 Å². The minimum Gasteiger partial charge on any atom is -0.372 e. The highest BCUT2D eigenvalue weighted by Crippen LogP contribution is 2.28. The van der Waals surface area contributed by atoms with Gasteiger partial charge in [-0.3, -0.25) is 4.79 Å². The van der Waals surface area contributed by atoms with Gasteiger partial charge in [0, 0.05) is 36.7 Å². The topological polar surface area (TPSA) is 35.6 Å². The predicted octanol–water partition coefficient (Wildman–Crippen LogP) is 4.29. The molecule has 0 saturated carbocycles. The number of hydrogen-bond donors (Lipinski definition) is 1. The van der Waals surface area contributed by atoms with Gasteiger partial charge in [0.25, 0.3) is 0 Å². The summed E-state index contributed by atoms with van der Waals surface area (Å²) in [6.45, 7) is 7.83. The van der Waals surface area contributed by atoms with Gasteiger partial charge in [0.1, 0.15) is 0 Å². The van der Waals surface area contributed by atoms with E-state index in [2.05, 4.69) is 59.3 Å². The van der Waals surface area contributed by atoms with Crippen molar-refractivity contribution in [2.45, 2.75) is 39.5 Å². The lowest BCUT2D eigenvalue weighted by Gasteiger charge is -2.31. The summed E-state index contributed by atoms with van der Waals surface area (Å²) in [6, 6.07) is 12.9. The number of nitrogens with one attached hydrogen (secondary N) is 1. The number of carbonyl (C=O) groups excluding carboxylic acids is 1. The Bertz CT molecular complexity index is 840. The molecule has 1 saturated heterocycles. The van der Waals surface area contributed by atoms with E-state index in [9.17, 15) is 4.79 Å². The molecule has 0 unspecified atom stereocenters. The highest BCUT2D eigenvalue weighted by Gasteiger charge is 2.20. The van der Waals surface area contributed by atoms with Gasteiger partial charge in [-0.15, -0.1) is 0 Å². The van der Waals surface area contributed by atoms with Crippen molar-refractivity contribution in [3.8, 4) is 0 Å². The first-order valence-corrected chi connectivity index (χ1v) is 10.1. The zero-order valence-corrected chi connectivity index (χ0v) is 16.4. The molecule has 142 valence electrons. The molecular weight excluding hydrogens is 334 g/mol. The van der Waals surface area contributed by atoms with Gasteiger partial charge in [0.05, 0.1) is 6.54 Å². The third kappa shape index (κ3) is 3.95. The molecule has 2 aromatic carbocycles. The molecule has 0 atom stereocenters. The second-order valence-electron chi connectivity index (χ2n) is 7.90. The minimum atomic E-state index is 0.0560. The normalized spacial score (nSPS) is 16.4. The molecule has 4 rings (SSSR count). The summed E-state index contributed by atoms with van der Waals surface area (Å²) in [4.78, 5) is 17.3. The number of anilines is 3. The van der Waals surface area contributed by atoms with E-state index in [1.54, 1.807) is 0 Å². The van der Waals surface area contributed by atoms with Crippen LogP contribution in [0.4, 0.5) is 17.1 Å². The average molecular weight is 364 g/mol. The summed E-state index contributed by atoms with van der Waals surface area (Å²) in [6.07, 6.45) is 4.75. The summed E-state index contributed by atoms with van der Waals surface area (Å²) in [5.41, 5.74) is 7.17. The van der Waals surface area contributed by atoms with Crippen molar-refractivity contribution in [3.63, 3.8) is 0 Å². The molecule has 0 aromatic heterocycles. The summed E-state index contributed by atoms with van der Waals surface area (Å²) in [5, 5.41) is 3.12. The van der Waals surface area contributed by atoms with Crippen molar-refractivity contribution in [1.29, 1.82) is 0 Å². The van der Waals surface area contributed by atoms with Crippen molar-refractivity contribution in [1.82, 2.24) is 0 Å². The van der Waals surface area contributed by atoms with Gasteiger partial charge in [0.2, 0.25) is 5.91 Å². The SMILES string of the molecule is Cc1ccc2c(c1)CCCN2CC(=O)Nc1ccc(N2CCCC2)cc1C. The van der Waals surface area contributed by atoms with Crippen LogP contribution in [-0.4, -0.2) is 32.1 Å². The van der Waals surface area contributed by atoms with Crippen LogP contribution in [0.2, 0.25) is 0 Å². The first-order valence-electron chi connectivity index (χ1n) is 10.1. The summed E-state index contributed by atoms with van der Waals surface area (Å²) in [5.74, 6) is 0.0560. The highest BCUT2D eigenvalue weighted by molar-refractivity contribution is 5.95. The fourth-order valence-corrected chi connectivity index (χ4v) is 4.29. The summed E-state index contributed by atoms with van der Waals surface area (Å²) < 4.78 is 0. The van der Waals surface area contributed by atoms with E-state index in [1.165, 1.54) is 35.3 Å². The Hall–Kier alpha value is -2.49. The Morgan fingerprint density at radius 3 is 2.59 bits per heavy atom. The second-order valence-corrected chi connectivity index (χ2v) is 7.90. The summed E-state index contributed by atoms with van der Waals surface area (Å²) in [7, 11) is 0. The predicted molar refractivity (Wildman–Crippen MR) is 113 cm³/mol. The van der Waals surface area contributed by atoms with Gasteiger partial charge in [-0.1, -0.05) is 17.7 Å². The summed E-state index contributed by atoms with van der Waals surface area (Å²) >= 11 is 0. The molecular formula is C23H29N3O. The highest BCUT2D eigenvalue weighted by atomic mass is 16.2. The maximum absolute atomic E-state index is 12.7. The number of fused-ring (bicyclic) bond motifs is 1. The van der Waals surface area contributed by atoms with Gasteiger partial charge in [-0.05, 0) is 74.9 Å². The molecule has 0 bridgehead atoms. The zero-order chi connectivity index (χ0) is 18.8. The third-order valence-corrected chi connectivity index (χ3v) is 5.74. The molecule has 2 aliphatic rings. The lowest BCUT2D eigenvalue weighted by Crippen LogP contribution is -2.36. The van der Waals surface area contributed by atoms with Crippen molar-refractivity contribution in [3.05, 3.63) is 53.1 Å². The third-order valence-electron chi connectivity index (χ3n) is 5.74. The van der Waals surface area contributed by atoms with Crippen LogP contribution in [0, 0.1) is 13.8 Å². The maximum atomic E-state index is 12.7. The lowest BCUT2D eigenvalue weighted by molar-refractivity contribution is -0.115. The van der Waals surface area contributed by atoms with Gasteiger partial charge in [0.15, 0.2) is 0 Å². The largest absolute Gasteiger partial charge is 0.372 e. The number of rotatable bonds is 4. The minimum absolute atomic E-state index is 0.0560. The average Bonchev–Trinajstić information content (AvgIpc) is 3.18. The van der Waals surface area contributed by atoms with E-state index in [1.807, 2.05) is 6.07 Å². The fraction of sp³-hybridized carbons (Fsp3) is 0.435. The zero-order valence-electron chi connectivity index (χ0n) is 16.4. The van der Waals surface area contributed by atoms with E-state index in [4.69, 9.17) is 0 Å². The van der Waals surface area contributed by atoms with Gasteiger partial charge in [-0.25, -0.2) is 0 Å². The fourth-order valence-electron chi connectivity index (χ4n) is 4.29. The first-order chi connectivity index (χ1) is 13.1. The number of aryl methyl sites for hydroxylation is 3. The van der Waals surface area contributed by atoms with Crippen LogP contribution in [0.1, 0.15) is 36.0 Å². The van der Waals surface area contributed by atoms with E-state index >= 15 is 0 Å². The molecule has 0 aliphatic carbocycles. The van der Waals surface area contributed by atoms with Gasteiger partial charge >= 0.3 is 0 Å². The molecule has 27 heavy (non-hydrogen) atoms. The molecule has 4 nitrogen and oxygen atoms in total. The molecule has 0 spiro atoms. The second kappa shape index (κ2) is 7.63. The number of benzene rings is 2. The van der Waals surface area contributed by atoms with Gasteiger partial charge < -0.3 is 15.1 Å². The van der Waals surface area contributed by atoms with Crippen LogP contribution in [-0.2, 0) is 11.2 Å². The Morgan fingerprint density at radius 1 is 1.00 bits per heavy atom. The lowest BCUT2D eigenvalue weighted by atomic mass is 9.99. The van der Waals surface area contributed by atoms with E-state index < -0.39 is 0 Å². The van der Waals surface area contributed by atoms with Crippen LogP contribution >= 0.6 is 0 Å². The Balaban J connectivity index is 1.43. The number of hydrogen-bond acceptors (Lipinski definition) is 3. The van der Waals surface area contributed by atoms with Crippen LogP contribution < -0.4 is 15.1 Å². The quantitative estimate of drug-likeness (QED) is 0.880. The number of amides is 1. The van der Waals surface area contributed by atoms with E-state index in [0.717, 1.165) is 43.7 Å². The Kier molecular flexibility index (Phi) is 5.06. The molecule has 2 aliphatic heterocycles. The first kappa shape index (κ1) is 17.9. The monoisotopic (exact) mass is 363 g/mol. The standard InChI is InChI=1S/C23H29N3O/c1-17-7-10-22-19(14-17)6-5-13-26(22)16-23(27)24-21-9-8-20(15-18(21)2)25-11-3-4-12-25/h7-10,14-15H,3-6,11-13,16H2,1-2H3,(H,24,27). The number of nitrogens with zero attached hydrogens (tertiary/aromatic N) is 2. The van der Waals surface area contributed by atoms with Crippen molar-refractivity contribution in [2.75, 3.05) is 41.3 Å². The van der Waals surface area contributed by atoms with Crippen LogP contribution in [0.25, 0.3) is 0 Å². The molecule has 1 fully saturated rings. The van der Waals surface area contributed by atoms with Crippen LogP contribution in [0.3, 0.4) is 0 Å². The van der Waals surface area contributed by atoms with E-state index in [-0.39, 0.29) is 5.91 Å². The van der Waals surface area contributed by atoms with Crippen molar-refractivity contribution in [2.24, 2.45) is 0 Å². The van der Waals surface area contributed by atoms with Crippen LogP contribution in [0.5, 0.6) is 0 Å². The molecule has 0 radical (unpaired) electrons. The molecule has 4 heteroatoms. The Morgan fingerprint density at radius 2 is 1.81 bits per heavy atom. The van der Waals surface area contributed by atoms with E-state index in [0.29, 0.717) is 6.54 Å². The van der Waals surface area contributed by atoms with Crippen molar-refractivity contribution >= 4 is 23.0 Å².